The molecular weight excluding hydrogens is 238 g/mol. The van der Waals surface area contributed by atoms with Crippen LogP contribution in [0.15, 0.2) is 0 Å². The largest absolute Gasteiger partial charge is 0.462 e. The van der Waals surface area contributed by atoms with Crippen molar-refractivity contribution >= 4 is 28.3 Å². The monoisotopic (exact) mass is 255 g/mol. The molecule has 1 fully saturated rings. The number of esters is 1. The fourth-order valence-electron chi connectivity index (χ4n) is 1.72. The van der Waals surface area contributed by atoms with Crippen molar-refractivity contribution in [3.05, 3.63) is 5.56 Å². The highest BCUT2D eigenvalue weighted by molar-refractivity contribution is 7.11. The summed E-state index contributed by atoms with van der Waals surface area (Å²) in [6, 6.07) is 0. The summed E-state index contributed by atoms with van der Waals surface area (Å²) in [5.41, 5.74) is 6.15. The summed E-state index contributed by atoms with van der Waals surface area (Å²) in [5.74, 6) is 0.640. The summed E-state index contributed by atoms with van der Waals surface area (Å²) in [6.45, 7) is 3.08. The van der Waals surface area contributed by atoms with E-state index in [2.05, 4.69) is 9.27 Å². The van der Waals surface area contributed by atoms with Crippen LogP contribution in [0.5, 0.6) is 0 Å². The van der Waals surface area contributed by atoms with E-state index in [-0.39, 0.29) is 11.8 Å². The van der Waals surface area contributed by atoms with Crippen molar-refractivity contribution in [2.24, 2.45) is 5.92 Å². The van der Waals surface area contributed by atoms with Crippen LogP contribution in [-0.4, -0.2) is 30.5 Å². The highest BCUT2D eigenvalue weighted by Gasteiger charge is 2.27. The summed E-state index contributed by atoms with van der Waals surface area (Å²) in [7, 11) is 1.97. The average Bonchev–Trinajstić information content (AvgIpc) is 2.99. The summed E-state index contributed by atoms with van der Waals surface area (Å²) >= 11 is 1.26. The van der Waals surface area contributed by atoms with Gasteiger partial charge in [-0.3, -0.25) is 0 Å². The van der Waals surface area contributed by atoms with Gasteiger partial charge in [-0.1, -0.05) is 0 Å². The summed E-state index contributed by atoms with van der Waals surface area (Å²) in [5, 5.41) is 0.813. The van der Waals surface area contributed by atoms with Gasteiger partial charge in [-0.2, -0.15) is 4.37 Å². The molecule has 1 aromatic heterocycles. The Morgan fingerprint density at radius 2 is 2.35 bits per heavy atom. The first-order valence-corrected chi connectivity index (χ1v) is 6.54. The minimum atomic E-state index is -0.378. The molecular formula is C11H17N3O2S. The van der Waals surface area contributed by atoms with E-state index in [9.17, 15) is 4.79 Å². The minimum absolute atomic E-state index is 0.270. The van der Waals surface area contributed by atoms with Crippen molar-refractivity contribution in [3.63, 3.8) is 0 Å². The Balaban J connectivity index is 2.17. The van der Waals surface area contributed by atoms with Crippen LogP contribution >= 0.6 is 11.5 Å². The standard InChI is InChI=1S/C11H17N3O2S/c1-3-16-11(15)8-9(12)13-17-10(8)14(2)6-7-4-5-7/h7H,3-6H2,1-2H3,(H2,12,13). The van der Waals surface area contributed by atoms with E-state index in [4.69, 9.17) is 10.5 Å². The van der Waals surface area contributed by atoms with Crippen molar-refractivity contribution in [3.8, 4) is 0 Å². The van der Waals surface area contributed by atoms with Crippen molar-refractivity contribution in [1.82, 2.24) is 4.37 Å². The van der Waals surface area contributed by atoms with Gasteiger partial charge in [-0.15, -0.1) is 0 Å². The number of nitrogens with two attached hydrogens (primary N) is 1. The maximum absolute atomic E-state index is 11.8. The molecule has 0 atom stereocenters. The van der Waals surface area contributed by atoms with E-state index in [0.29, 0.717) is 12.2 Å². The van der Waals surface area contributed by atoms with Gasteiger partial charge in [0, 0.05) is 13.6 Å². The van der Waals surface area contributed by atoms with E-state index in [1.165, 1.54) is 24.4 Å². The Kier molecular flexibility index (Phi) is 3.51. The van der Waals surface area contributed by atoms with Gasteiger partial charge >= 0.3 is 5.97 Å². The fourth-order valence-corrected chi connectivity index (χ4v) is 2.49. The lowest BCUT2D eigenvalue weighted by molar-refractivity contribution is 0.0528. The number of hydrogen-bond donors (Lipinski definition) is 1. The number of aromatic nitrogens is 1. The molecule has 1 heterocycles. The number of anilines is 2. The van der Waals surface area contributed by atoms with Gasteiger partial charge in [-0.25, -0.2) is 4.79 Å². The molecule has 0 amide bonds. The predicted octanol–water partition coefficient (Wildman–Crippen LogP) is 1.75. The maximum atomic E-state index is 11.8. The second-order valence-corrected chi connectivity index (χ2v) is 5.04. The van der Waals surface area contributed by atoms with Crippen LogP contribution < -0.4 is 10.6 Å². The lowest BCUT2D eigenvalue weighted by atomic mass is 10.3. The first-order chi connectivity index (χ1) is 8.13. The molecule has 0 unspecified atom stereocenters. The van der Waals surface area contributed by atoms with Gasteiger partial charge in [0.25, 0.3) is 0 Å². The Labute approximate surface area is 105 Å². The number of carbonyl (C=O) groups is 1. The van der Waals surface area contributed by atoms with E-state index in [0.717, 1.165) is 17.5 Å². The second-order valence-electron chi connectivity index (χ2n) is 4.29. The molecule has 94 valence electrons. The van der Waals surface area contributed by atoms with Crippen molar-refractivity contribution < 1.29 is 9.53 Å². The molecule has 0 aromatic carbocycles. The van der Waals surface area contributed by atoms with Crippen molar-refractivity contribution in [2.75, 3.05) is 30.8 Å². The van der Waals surface area contributed by atoms with Crippen LogP contribution in [0, 0.1) is 5.92 Å². The summed E-state index contributed by atoms with van der Waals surface area (Å²) < 4.78 is 9.05. The molecule has 2 rings (SSSR count). The zero-order valence-corrected chi connectivity index (χ0v) is 10.9. The lowest BCUT2D eigenvalue weighted by Gasteiger charge is -2.17. The molecule has 1 aromatic rings. The minimum Gasteiger partial charge on any atom is -0.462 e. The SMILES string of the molecule is CCOC(=O)c1c(N)nsc1N(C)CC1CC1. The average molecular weight is 255 g/mol. The third-order valence-electron chi connectivity index (χ3n) is 2.76. The first kappa shape index (κ1) is 12.2. The maximum Gasteiger partial charge on any atom is 0.345 e. The van der Waals surface area contributed by atoms with Crippen molar-refractivity contribution in [1.29, 1.82) is 0 Å². The smallest absolute Gasteiger partial charge is 0.345 e. The van der Waals surface area contributed by atoms with Gasteiger partial charge in [0.15, 0.2) is 5.82 Å². The zero-order valence-electron chi connectivity index (χ0n) is 10.1. The molecule has 1 aliphatic rings. The third kappa shape index (κ3) is 2.69. The highest BCUT2D eigenvalue weighted by Crippen LogP contribution is 2.35. The second kappa shape index (κ2) is 4.91. The molecule has 1 aliphatic carbocycles. The van der Waals surface area contributed by atoms with Crippen LogP contribution in [-0.2, 0) is 4.74 Å². The molecule has 0 bridgehead atoms. The molecule has 0 saturated heterocycles. The molecule has 17 heavy (non-hydrogen) atoms. The van der Waals surface area contributed by atoms with Crippen LogP contribution in [0.25, 0.3) is 0 Å². The zero-order chi connectivity index (χ0) is 12.4. The predicted molar refractivity (Wildman–Crippen MR) is 68.5 cm³/mol. The van der Waals surface area contributed by atoms with Crippen molar-refractivity contribution in [2.45, 2.75) is 19.8 Å². The van der Waals surface area contributed by atoms with E-state index in [1.807, 2.05) is 7.05 Å². The third-order valence-corrected chi connectivity index (χ3v) is 3.73. The van der Waals surface area contributed by atoms with Crippen LogP contribution in [0.2, 0.25) is 0 Å². The van der Waals surface area contributed by atoms with Gasteiger partial charge in [0.1, 0.15) is 10.6 Å². The number of ether oxygens (including phenoxy) is 1. The highest BCUT2D eigenvalue weighted by atomic mass is 32.1. The number of carbonyl (C=O) groups excluding carboxylic acids is 1. The Bertz CT molecular complexity index is 415. The molecule has 5 nitrogen and oxygen atoms in total. The van der Waals surface area contributed by atoms with E-state index in [1.54, 1.807) is 6.92 Å². The van der Waals surface area contributed by atoms with Crippen LogP contribution in [0.1, 0.15) is 30.1 Å². The number of nitrogen functional groups attached to an aromatic ring is 1. The fraction of sp³-hybridized carbons (Fsp3) is 0.636. The van der Waals surface area contributed by atoms with Gasteiger partial charge < -0.3 is 15.4 Å². The van der Waals surface area contributed by atoms with Crippen LogP contribution in [0.4, 0.5) is 10.8 Å². The van der Waals surface area contributed by atoms with Gasteiger partial charge in [0.05, 0.1) is 6.61 Å². The molecule has 2 N–H and O–H groups in total. The van der Waals surface area contributed by atoms with Gasteiger partial charge in [-0.05, 0) is 37.2 Å². The normalized spacial score (nSPS) is 14.7. The molecule has 0 radical (unpaired) electrons. The quantitative estimate of drug-likeness (QED) is 0.812. The van der Waals surface area contributed by atoms with E-state index >= 15 is 0 Å². The molecule has 0 spiro atoms. The van der Waals surface area contributed by atoms with Crippen LogP contribution in [0.3, 0.4) is 0 Å². The van der Waals surface area contributed by atoms with Gasteiger partial charge in [0.2, 0.25) is 0 Å². The number of rotatable bonds is 5. The first-order valence-electron chi connectivity index (χ1n) is 5.76. The Morgan fingerprint density at radius 3 is 2.94 bits per heavy atom. The summed E-state index contributed by atoms with van der Waals surface area (Å²) in [6.07, 6.45) is 2.54. The van der Waals surface area contributed by atoms with E-state index < -0.39 is 0 Å². The molecule has 0 aliphatic heterocycles. The lowest BCUT2D eigenvalue weighted by Crippen LogP contribution is -2.21. The number of hydrogen-bond acceptors (Lipinski definition) is 6. The molecule has 6 heteroatoms. The number of nitrogens with zero attached hydrogens (tertiary/aromatic N) is 2. The topological polar surface area (TPSA) is 68.5 Å². The summed E-state index contributed by atoms with van der Waals surface area (Å²) in [4.78, 5) is 13.8. The Morgan fingerprint density at radius 1 is 1.65 bits per heavy atom. The molecule has 1 saturated carbocycles. The Hall–Kier alpha value is -1.30.